The Morgan fingerprint density at radius 2 is 1.95 bits per heavy atom. The van der Waals surface area contributed by atoms with Crippen LogP contribution in [-0.4, -0.2) is 37.9 Å². The Hall–Kier alpha value is -0.980. The van der Waals surface area contributed by atoms with Gasteiger partial charge in [-0.3, -0.25) is 4.90 Å². The van der Waals surface area contributed by atoms with Crippen LogP contribution in [0.25, 0.3) is 0 Å². The molecule has 7 heteroatoms. The van der Waals surface area contributed by atoms with Crippen molar-refractivity contribution in [3.63, 3.8) is 0 Å². The minimum atomic E-state index is -4.64. The zero-order valence-electron chi connectivity index (χ0n) is 12.7. The third-order valence-electron chi connectivity index (χ3n) is 3.95. The summed E-state index contributed by atoms with van der Waals surface area (Å²) in [6, 6.07) is 6.36. The number of likely N-dealkylation sites (tertiary alicyclic amines) is 1. The zero-order chi connectivity index (χ0) is 15.5. The molecular formula is C15H22ClF3N2O. The first kappa shape index (κ1) is 19.1. The van der Waals surface area contributed by atoms with Crippen LogP contribution in [0.2, 0.25) is 0 Å². The molecule has 0 bridgehead atoms. The predicted molar refractivity (Wildman–Crippen MR) is 82.4 cm³/mol. The number of nitrogens with one attached hydrogen (secondary N) is 1. The summed E-state index contributed by atoms with van der Waals surface area (Å²) < 4.78 is 40.3. The number of halogens is 4. The number of ether oxygens (including phenoxy) is 1. The van der Waals surface area contributed by atoms with E-state index in [0.717, 1.165) is 31.6 Å². The predicted octanol–water partition coefficient (Wildman–Crippen LogP) is 3.61. The highest BCUT2D eigenvalue weighted by molar-refractivity contribution is 5.85. The normalized spacial score (nSPS) is 20.5. The summed E-state index contributed by atoms with van der Waals surface area (Å²) in [5, 5.41) is 3.19. The molecule has 1 fully saturated rings. The quantitative estimate of drug-likeness (QED) is 0.887. The van der Waals surface area contributed by atoms with E-state index in [4.69, 9.17) is 0 Å². The third kappa shape index (κ3) is 5.34. The van der Waals surface area contributed by atoms with E-state index in [0.29, 0.717) is 5.92 Å². The highest BCUT2D eigenvalue weighted by Gasteiger charge is 2.31. The molecule has 2 atom stereocenters. The minimum absolute atomic E-state index is 0. The second kappa shape index (κ2) is 8.04. The Balaban J connectivity index is 0.00000242. The zero-order valence-corrected chi connectivity index (χ0v) is 13.5. The summed E-state index contributed by atoms with van der Waals surface area (Å²) in [4.78, 5) is 2.36. The molecule has 2 rings (SSSR count). The van der Waals surface area contributed by atoms with E-state index >= 15 is 0 Å². The van der Waals surface area contributed by atoms with Gasteiger partial charge in [0.1, 0.15) is 5.75 Å². The minimum Gasteiger partial charge on any atom is -0.406 e. The van der Waals surface area contributed by atoms with Gasteiger partial charge in [0.25, 0.3) is 0 Å². The first-order chi connectivity index (χ1) is 9.89. The largest absolute Gasteiger partial charge is 0.573 e. The number of alkyl halides is 3. The molecular weight excluding hydrogens is 317 g/mol. The Morgan fingerprint density at radius 1 is 1.32 bits per heavy atom. The molecule has 3 nitrogen and oxygen atoms in total. The lowest BCUT2D eigenvalue weighted by atomic mass is 10.1. The van der Waals surface area contributed by atoms with Gasteiger partial charge in [0.05, 0.1) is 0 Å². The molecule has 0 amide bonds. The SMILES string of the molecule is CNCC1CCN(C(C)c2ccc(OC(F)(F)F)cc2)C1.Cl. The summed E-state index contributed by atoms with van der Waals surface area (Å²) in [5.41, 5.74) is 1.01. The van der Waals surface area contributed by atoms with Crippen LogP contribution >= 0.6 is 12.4 Å². The molecule has 1 aromatic rings. The molecule has 1 aliphatic heterocycles. The van der Waals surface area contributed by atoms with Crippen molar-refractivity contribution in [1.82, 2.24) is 10.2 Å². The van der Waals surface area contributed by atoms with Crippen LogP contribution in [0, 0.1) is 5.92 Å². The molecule has 0 aromatic heterocycles. The van der Waals surface area contributed by atoms with Crippen LogP contribution in [0.5, 0.6) is 5.75 Å². The maximum Gasteiger partial charge on any atom is 0.573 e. The summed E-state index contributed by atoms with van der Waals surface area (Å²) in [5.74, 6) is 0.471. The fourth-order valence-electron chi connectivity index (χ4n) is 2.83. The van der Waals surface area contributed by atoms with E-state index in [1.54, 1.807) is 12.1 Å². The molecule has 22 heavy (non-hydrogen) atoms. The van der Waals surface area contributed by atoms with E-state index in [1.807, 2.05) is 7.05 Å². The van der Waals surface area contributed by atoms with Crippen LogP contribution in [0.15, 0.2) is 24.3 Å². The highest BCUT2D eigenvalue weighted by Crippen LogP contribution is 2.29. The molecule has 0 saturated carbocycles. The molecule has 1 heterocycles. The van der Waals surface area contributed by atoms with Gasteiger partial charge in [-0.2, -0.15) is 0 Å². The molecule has 1 N–H and O–H groups in total. The average Bonchev–Trinajstić information content (AvgIpc) is 2.86. The fourth-order valence-corrected chi connectivity index (χ4v) is 2.83. The van der Waals surface area contributed by atoms with E-state index in [2.05, 4.69) is 21.9 Å². The van der Waals surface area contributed by atoms with Crippen molar-refractivity contribution >= 4 is 12.4 Å². The van der Waals surface area contributed by atoms with Crippen LogP contribution in [-0.2, 0) is 0 Å². The summed E-state index contributed by atoms with van der Waals surface area (Å²) >= 11 is 0. The summed E-state index contributed by atoms with van der Waals surface area (Å²) in [6.45, 7) is 5.13. The number of nitrogens with zero attached hydrogens (tertiary/aromatic N) is 1. The van der Waals surface area contributed by atoms with Crippen molar-refractivity contribution in [2.24, 2.45) is 5.92 Å². The first-order valence-electron chi connectivity index (χ1n) is 7.13. The highest BCUT2D eigenvalue weighted by atomic mass is 35.5. The van der Waals surface area contributed by atoms with Gasteiger partial charge in [-0.25, -0.2) is 0 Å². The van der Waals surface area contributed by atoms with E-state index < -0.39 is 6.36 Å². The second-order valence-corrected chi connectivity index (χ2v) is 5.50. The molecule has 2 unspecified atom stereocenters. The Labute approximate surface area is 135 Å². The monoisotopic (exact) mass is 338 g/mol. The number of hydrogen-bond acceptors (Lipinski definition) is 3. The standard InChI is InChI=1S/C15H21F3N2O.ClH/c1-11(20-8-7-12(10-20)9-19-2)13-3-5-14(6-4-13)21-15(16,17)18;/h3-6,11-12,19H,7-10H2,1-2H3;1H. The topological polar surface area (TPSA) is 24.5 Å². The van der Waals surface area contributed by atoms with Gasteiger partial charge in [0.2, 0.25) is 0 Å². The van der Waals surface area contributed by atoms with Crippen molar-refractivity contribution < 1.29 is 17.9 Å². The Morgan fingerprint density at radius 3 is 2.50 bits per heavy atom. The molecule has 0 spiro atoms. The summed E-state index contributed by atoms with van der Waals surface area (Å²) in [6.07, 6.45) is -3.48. The fraction of sp³-hybridized carbons (Fsp3) is 0.600. The smallest absolute Gasteiger partial charge is 0.406 e. The van der Waals surface area contributed by atoms with Gasteiger partial charge in [-0.15, -0.1) is 25.6 Å². The van der Waals surface area contributed by atoms with Gasteiger partial charge < -0.3 is 10.1 Å². The molecule has 126 valence electrons. The molecule has 1 aromatic carbocycles. The lowest BCUT2D eigenvalue weighted by Crippen LogP contribution is -2.27. The first-order valence-corrected chi connectivity index (χ1v) is 7.13. The second-order valence-electron chi connectivity index (χ2n) is 5.50. The van der Waals surface area contributed by atoms with Gasteiger partial charge in [-0.05, 0) is 57.1 Å². The van der Waals surface area contributed by atoms with Crippen LogP contribution in [0.3, 0.4) is 0 Å². The van der Waals surface area contributed by atoms with Crippen LogP contribution in [0.1, 0.15) is 24.9 Å². The van der Waals surface area contributed by atoms with E-state index in [9.17, 15) is 13.2 Å². The number of benzene rings is 1. The lowest BCUT2D eigenvalue weighted by molar-refractivity contribution is -0.274. The molecule has 0 aliphatic carbocycles. The van der Waals surface area contributed by atoms with Gasteiger partial charge in [0.15, 0.2) is 0 Å². The van der Waals surface area contributed by atoms with Crippen LogP contribution in [0.4, 0.5) is 13.2 Å². The number of hydrogen-bond donors (Lipinski definition) is 1. The van der Waals surface area contributed by atoms with Crippen molar-refractivity contribution in [1.29, 1.82) is 0 Å². The Bertz CT molecular complexity index is 453. The van der Waals surface area contributed by atoms with Crippen molar-refractivity contribution in [3.8, 4) is 5.75 Å². The Kier molecular flexibility index (Phi) is 6.97. The molecule has 0 radical (unpaired) electrons. The van der Waals surface area contributed by atoms with E-state index in [1.165, 1.54) is 12.1 Å². The maximum absolute atomic E-state index is 12.1. The summed E-state index contributed by atoms with van der Waals surface area (Å²) in [7, 11) is 1.95. The lowest BCUT2D eigenvalue weighted by Gasteiger charge is -2.25. The molecule has 1 saturated heterocycles. The average molecular weight is 339 g/mol. The maximum atomic E-state index is 12.1. The molecule has 1 aliphatic rings. The van der Waals surface area contributed by atoms with Crippen molar-refractivity contribution in [2.45, 2.75) is 25.7 Å². The van der Waals surface area contributed by atoms with Gasteiger partial charge in [0, 0.05) is 12.6 Å². The van der Waals surface area contributed by atoms with Crippen molar-refractivity contribution in [3.05, 3.63) is 29.8 Å². The van der Waals surface area contributed by atoms with Gasteiger partial charge in [-0.1, -0.05) is 12.1 Å². The van der Waals surface area contributed by atoms with Crippen molar-refractivity contribution in [2.75, 3.05) is 26.7 Å². The van der Waals surface area contributed by atoms with Crippen LogP contribution < -0.4 is 10.1 Å². The van der Waals surface area contributed by atoms with E-state index in [-0.39, 0.29) is 24.2 Å². The third-order valence-corrected chi connectivity index (χ3v) is 3.95. The van der Waals surface area contributed by atoms with Gasteiger partial charge >= 0.3 is 6.36 Å². The number of rotatable bonds is 5.